The Morgan fingerprint density at radius 2 is 2.04 bits per heavy atom. The van der Waals surface area contributed by atoms with Crippen LogP contribution in [0.5, 0.6) is 0 Å². The molecule has 0 radical (unpaired) electrons. The van der Waals surface area contributed by atoms with E-state index in [0.29, 0.717) is 17.1 Å². The monoisotopic (exact) mass is 494 g/mol. The summed E-state index contributed by atoms with van der Waals surface area (Å²) >= 11 is 7.22. The van der Waals surface area contributed by atoms with Gasteiger partial charge in [0.25, 0.3) is 11.6 Å². The molecule has 0 spiro atoms. The van der Waals surface area contributed by atoms with Gasteiger partial charge in [-0.15, -0.1) is 0 Å². The van der Waals surface area contributed by atoms with Gasteiger partial charge in [0.1, 0.15) is 11.6 Å². The van der Waals surface area contributed by atoms with Crippen molar-refractivity contribution in [2.75, 3.05) is 5.32 Å². The molecule has 0 aliphatic carbocycles. The molecule has 0 atom stereocenters. The lowest BCUT2D eigenvalue weighted by atomic mass is 10.1. The van der Waals surface area contributed by atoms with Gasteiger partial charge < -0.3 is 9.73 Å². The average molecular weight is 494 g/mol. The first kappa shape index (κ1) is 18.9. The summed E-state index contributed by atoms with van der Waals surface area (Å²) in [6.07, 6.45) is 1.66. The minimum absolute atomic E-state index is 0.0243. The highest BCUT2D eigenvalue weighted by Crippen LogP contribution is 2.25. The third-order valence-corrected chi connectivity index (χ3v) is 4.21. The minimum Gasteiger partial charge on any atom is -0.451 e. The number of carbonyl (C=O) groups is 1. The van der Waals surface area contributed by atoms with Crippen molar-refractivity contribution in [3.63, 3.8) is 0 Å². The zero-order valence-electron chi connectivity index (χ0n) is 13.5. The number of nitro groups is 1. The molecule has 2 aromatic heterocycles. The van der Waals surface area contributed by atoms with Gasteiger partial charge in [0.05, 0.1) is 4.92 Å². The number of pyridine rings is 1. The zero-order chi connectivity index (χ0) is 19.4. The second kappa shape index (κ2) is 8.22. The summed E-state index contributed by atoms with van der Waals surface area (Å²) in [5, 5.41) is 16.2. The van der Waals surface area contributed by atoms with E-state index in [1.807, 2.05) is 6.07 Å². The number of non-ortho nitro benzene ring substituents is 1. The fourth-order valence-electron chi connectivity index (χ4n) is 2.15. The van der Waals surface area contributed by atoms with E-state index < -0.39 is 10.8 Å². The van der Waals surface area contributed by atoms with E-state index in [0.717, 1.165) is 3.57 Å². The zero-order valence-corrected chi connectivity index (χ0v) is 16.5. The van der Waals surface area contributed by atoms with Crippen LogP contribution in [0.25, 0.3) is 11.3 Å². The summed E-state index contributed by atoms with van der Waals surface area (Å²) in [4.78, 5) is 26.8. The molecule has 27 heavy (non-hydrogen) atoms. The number of aromatic nitrogens is 1. The van der Waals surface area contributed by atoms with Gasteiger partial charge in [0.2, 0.25) is 0 Å². The van der Waals surface area contributed by atoms with Crippen LogP contribution in [0.3, 0.4) is 0 Å². The van der Waals surface area contributed by atoms with Gasteiger partial charge >= 0.3 is 0 Å². The number of hydrogen-bond donors (Lipinski definition) is 2. The van der Waals surface area contributed by atoms with Crippen molar-refractivity contribution in [3.05, 3.63) is 74.2 Å². The summed E-state index contributed by atoms with van der Waals surface area (Å²) in [5.41, 5.74) is 0.428. The number of rotatable bonds is 4. The van der Waals surface area contributed by atoms with E-state index in [4.69, 9.17) is 16.6 Å². The molecule has 2 N–H and O–H groups in total. The number of thiocarbonyl (C=S) groups is 1. The number of furan rings is 1. The van der Waals surface area contributed by atoms with E-state index >= 15 is 0 Å². The SMILES string of the molecule is O=C(NC(=S)Nc1ccc(I)cn1)c1ccc(-c2cccc([N+](=O)[O-])c2)o1. The van der Waals surface area contributed by atoms with Crippen LogP contribution in [0, 0.1) is 13.7 Å². The van der Waals surface area contributed by atoms with Crippen molar-refractivity contribution in [1.29, 1.82) is 0 Å². The second-order valence-electron chi connectivity index (χ2n) is 5.24. The quantitative estimate of drug-likeness (QED) is 0.244. The van der Waals surface area contributed by atoms with E-state index in [-0.39, 0.29) is 16.6 Å². The van der Waals surface area contributed by atoms with Crippen LogP contribution >= 0.6 is 34.8 Å². The van der Waals surface area contributed by atoms with Gasteiger partial charge in [0.15, 0.2) is 10.9 Å². The molecule has 2 heterocycles. The topological polar surface area (TPSA) is 110 Å². The first-order valence-corrected chi connectivity index (χ1v) is 8.99. The largest absolute Gasteiger partial charge is 0.451 e. The Morgan fingerprint density at radius 1 is 1.22 bits per heavy atom. The number of nitrogens with zero attached hydrogens (tertiary/aromatic N) is 2. The number of benzene rings is 1. The van der Waals surface area contributed by atoms with Gasteiger partial charge in [-0.1, -0.05) is 12.1 Å². The Hall–Kier alpha value is -2.86. The summed E-state index contributed by atoms with van der Waals surface area (Å²) in [6.45, 7) is 0. The molecule has 0 bridgehead atoms. The summed E-state index contributed by atoms with van der Waals surface area (Å²) in [5.74, 6) is 0.311. The highest BCUT2D eigenvalue weighted by Gasteiger charge is 2.15. The molecule has 0 unspecified atom stereocenters. The number of anilines is 1. The summed E-state index contributed by atoms with van der Waals surface area (Å²) < 4.78 is 6.46. The third-order valence-electron chi connectivity index (χ3n) is 3.37. The van der Waals surface area contributed by atoms with Crippen molar-refractivity contribution >= 4 is 57.3 Å². The molecule has 0 saturated carbocycles. The lowest BCUT2D eigenvalue weighted by Gasteiger charge is -2.07. The van der Waals surface area contributed by atoms with Gasteiger partial charge in [0, 0.05) is 27.5 Å². The molecule has 1 amide bonds. The summed E-state index contributed by atoms with van der Waals surface area (Å²) in [6, 6.07) is 12.6. The predicted octanol–water partition coefficient (Wildman–Crippen LogP) is 3.98. The minimum atomic E-state index is -0.547. The average Bonchev–Trinajstić information content (AvgIpc) is 3.14. The number of carbonyl (C=O) groups excluding carboxylic acids is 1. The van der Waals surface area contributed by atoms with Crippen LogP contribution < -0.4 is 10.6 Å². The molecule has 3 rings (SSSR count). The van der Waals surface area contributed by atoms with Crippen molar-refractivity contribution in [2.45, 2.75) is 0 Å². The van der Waals surface area contributed by atoms with Gasteiger partial charge in [-0.25, -0.2) is 4.98 Å². The van der Waals surface area contributed by atoms with Crippen LogP contribution in [0.2, 0.25) is 0 Å². The van der Waals surface area contributed by atoms with Crippen LogP contribution in [0.1, 0.15) is 10.6 Å². The first-order chi connectivity index (χ1) is 12.9. The lowest BCUT2D eigenvalue weighted by Crippen LogP contribution is -2.34. The molecular formula is C17H11IN4O4S. The maximum absolute atomic E-state index is 12.3. The molecule has 0 aliphatic rings. The molecule has 0 aliphatic heterocycles. The second-order valence-corrected chi connectivity index (χ2v) is 6.90. The number of nitro benzene ring substituents is 1. The van der Waals surface area contributed by atoms with Crippen LogP contribution in [-0.4, -0.2) is 20.9 Å². The summed E-state index contributed by atoms with van der Waals surface area (Å²) in [7, 11) is 0. The van der Waals surface area contributed by atoms with Crippen molar-refractivity contribution in [3.8, 4) is 11.3 Å². The van der Waals surface area contributed by atoms with Crippen LogP contribution in [0.4, 0.5) is 11.5 Å². The van der Waals surface area contributed by atoms with Crippen molar-refractivity contribution in [1.82, 2.24) is 10.3 Å². The van der Waals surface area contributed by atoms with E-state index in [2.05, 4.69) is 38.2 Å². The first-order valence-electron chi connectivity index (χ1n) is 7.51. The van der Waals surface area contributed by atoms with Gasteiger partial charge in [-0.3, -0.25) is 20.2 Å². The Morgan fingerprint density at radius 3 is 2.74 bits per heavy atom. The van der Waals surface area contributed by atoms with Crippen molar-refractivity contribution in [2.24, 2.45) is 0 Å². The maximum Gasteiger partial charge on any atom is 0.293 e. The standard InChI is InChI=1S/C17H11IN4O4S/c18-11-4-7-15(19-9-11)20-17(27)21-16(23)14-6-5-13(26-14)10-2-1-3-12(8-10)22(24)25/h1-9H,(H2,19,20,21,23,27). The Bertz CT molecular complexity index is 1020. The normalized spacial score (nSPS) is 10.3. The van der Waals surface area contributed by atoms with E-state index in [1.165, 1.54) is 18.2 Å². The molecule has 3 aromatic rings. The number of amides is 1. The molecule has 8 nitrogen and oxygen atoms in total. The van der Waals surface area contributed by atoms with E-state index in [1.54, 1.807) is 30.5 Å². The Balaban J connectivity index is 1.67. The number of hydrogen-bond acceptors (Lipinski definition) is 6. The molecule has 10 heteroatoms. The lowest BCUT2D eigenvalue weighted by molar-refractivity contribution is -0.384. The fourth-order valence-corrected chi connectivity index (χ4v) is 2.67. The number of halogens is 1. The molecule has 136 valence electrons. The predicted molar refractivity (Wildman–Crippen MR) is 111 cm³/mol. The van der Waals surface area contributed by atoms with Crippen molar-refractivity contribution < 1.29 is 14.1 Å². The molecule has 1 aromatic carbocycles. The Labute approximate surface area is 172 Å². The fraction of sp³-hybridized carbons (Fsp3) is 0. The maximum atomic E-state index is 12.3. The molecule has 0 saturated heterocycles. The van der Waals surface area contributed by atoms with Gasteiger partial charge in [-0.05, 0) is 59.1 Å². The third kappa shape index (κ3) is 4.86. The van der Waals surface area contributed by atoms with Gasteiger partial charge in [-0.2, -0.15) is 0 Å². The van der Waals surface area contributed by atoms with Crippen LogP contribution in [0.15, 0.2) is 59.1 Å². The molecular weight excluding hydrogens is 483 g/mol. The Kier molecular flexibility index (Phi) is 5.76. The number of nitrogens with one attached hydrogen (secondary N) is 2. The van der Waals surface area contributed by atoms with Crippen LogP contribution in [-0.2, 0) is 0 Å². The smallest absolute Gasteiger partial charge is 0.293 e. The highest BCUT2D eigenvalue weighted by atomic mass is 127. The highest BCUT2D eigenvalue weighted by molar-refractivity contribution is 14.1. The molecule has 0 fully saturated rings. The van der Waals surface area contributed by atoms with E-state index in [9.17, 15) is 14.9 Å².